The van der Waals surface area contributed by atoms with Gasteiger partial charge in [-0.2, -0.15) is 0 Å². The monoisotopic (exact) mass is 403 g/mol. The third-order valence-electron chi connectivity index (χ3n) is 5.28. The number of benzene rings is 2. The van der Waals surface area contributed by atoms with Gasteiger partial charge in [-0.15, -0.1) is 11.3 Å². The van der Waals surface area contributed by atoms with Crippen molar-refractivity contribution >= 4 is 28.3 Å². The van der Waals surface area contributed by atoms with Gasteiger partial charge in [0.1, 0.15) is 5.01 Å². The molecule has 29 heavy (non-hydrogen) atoms. The third-order valence-corrected chi connectivity index (χ3v) is 6.22. The first-order valence-corrected chi connectivity index (χ1v) is 10.6. The van der Waals surface area contributed by atoms with Gasteiger partial charge in [0, 0.05) is 49.2 Å². The van der Waals surface area contributed by atoms with E-state index in [1.807, 2.05) is 41.3 Å². The van der Waals surface area contributed by atoms with E-state index in [1.165, 1.54) is 0 Å². The summed E-state index contributed by atoms with van der Waals surface area (Å²) in [5.74, 6) is 0.0844. The molecule has 1 amide bonds. The number of aromatic nitrogens is 3. The number of nitrogens with one attached hydrogen (secondary N) is 1. The van der Waals surface area contributed by atoms with Gasteiger partial charge < -0.3 is 9.88 Å². The van der Waals surface area contributed by atoms with Gasteiger partial charge >= 0.3 is 0 Å². The van der Waals surface area contributed by atoms with Gasteiger partial charge in [0.05, 0.1) is 23.1 Å². The Labute approximate surface area is 172 Å². The number of hydrogen-bond donors (Lipinski definition) is 1. The number of thiazole rings is 1. The normalized spacial score (nSPS) is 15.1. The Hall–Kier alpha value is -3.03. The van der Waals surface area contributed by atoms with Gasteiger partial charge in [0.25, 0.3) is 5.91 Å². The molecule has 6 nitrogen and oxygen atoms in total. The van der Waals surface area contributed by atoms with Crippen molar-refractivity contribution in [1.29, 1.82) is 0 Å². The summed E-state index contributed by atoms with van der Waals surface area (Å²) in [6.45, 7) is 4.00. The smallest absolute Gasteiger partial charge is 0.254 e. The number of rotatable bonds is 4. The van der Waals surface area contributed by atoms with E-state index in [-0.39, 0.29) is 5.91 Å². The quantitative estimate of drug-likeness (QED) is 0.565. The molecule has 4 aromatic rings. The lowest BCUT2D eigenvalue weighted by molar-refractivity contribution is 0.0627. The molecule has 0 saturated carbocycles. The van der Waals surface area contributed by atoms with Crippen LogP contribution < -0.4 is 0 Å². The molecule has 0 bridgehead atoms. The molecule has 5 rings (SSSR count). The standard InChI is InChI=1S/C22H21N5OS/c28-22(17-6-7-19-20(12-17)24-15-23-19)27-10-8-26(9-11-27)13-18-14-29-21(25-18)16-4-2-1-3-5-16/h1-7,12,14-15H,8-11,13H2,(H,23,24). The van der Waals surface area contributed by atoms with Crippen molar-refractivity contribution in [1.82, 2.24) is 24.8 Å². The van der Waals surface area contributed by atoms with Crippen molar-refractivity contribution in [3.63, 3.8) is 0 Å². The van der Waals surface area contributed by atoms with Crippen LogP contribution in [0.2, 0.25) is 0 Å². The van der Waals surface area contributed by atoms with Crippen LogP contribution in [-0.4, -0.2) is 56.8 Å². The third kappa shape index (κ3) is 3.79. The highest BCUT2D eigenvalue weighted by atomic mass is 32.1. The predicted molar refractivity (Wildman–Crippen MR) is 115 cm³/mol. The summed E-state index contributed by atoms with van der Waals surface area (Å²) in [6.07, 6.45) is 1.65. The van der Waals surface area contributed by atoms with Crippen LogP contribution in [0, 0.1) is 0 Å². The van der Waals surface area contributed by atoms with E-state index in [0.29, 0.717) is 5.56 Å². The van der Waals surface area contributed by atoms with Crippen LogP contribution in [0.1, 0.15) is 16.1 Å². The summed E-state index contributed by atoms with van der Waals surface area (Å²) >= 11 is 1.69. The number of nitrogens with zero attached hydrogens (tertiary/aromatic N) is 4. The second kappa shape index (κ2) is 7.77. The molecule has 146 valence electrons. The zero-order valence-electron chi connectivity index (χ0n) is 15.9. The van der Waals surface area contributed by atoms with Crippen LogP contribution in [0.25, 0.3) is 21.6 Å². The lowest BCUT2D eigenvalue weighted by atomic mass is 10.1. The largest absolute Gasteiger partial charge is 0.345 e. The molecule has 0 spiro atoms. The number of amides is 1. The van der Waals surface area contributed by atoms with Gasteiger partial charge in [-0.25, -0.2) is 9.97 Å². The number of H-pyrrole nitrogens is 1. The molecule has 3 heterocycles. The lowest BCUT2D eigenvalue weighted by Gasteiger charge is -2.34. The molecule has 0 radical (unpaired) electrons. The number of aromatic amines is 1. The molecule has 0 unspecified atom stereocenters. The van der Waals surface area contributed by atoms with Gasteiger partial charge in [-0.3, -0.25) is 9.69 Å². The fourth-order valence-electron chi connectivity index (χ4n) is 3.68. The van der Waals surface area contributed by atoms with E-state index in [0.717, 1.165) is 60.0 Å². The maximum atomic E-state index is 12.9. The first kappa shape index (κ1) is 18.0. The summed E-state index contributed by atoms with van der Waals surface area (Å²) in [4.78, 5) is 29.2. The van der Waals surface area contributed by atoms with Crippen LogP contribution in [-0.2, 0) is 6.54 Å². The molecule has 2 aromatic carbocycles. The number of hydrogen-bond acceptors (Lipinski definition) is 5. The minimum Gasteiger partial charge on any atom is -0.345 e. The molecule has 1 saturated heterocycles. The minimum atomic E-state index is 0.0844. The fourth-order valence-corrected chi connectivity index (χ4v) is 4.50. The van der Waals surface area contributed by atoms with Gasteiger partial charge in [-0.1, -0.05) is 30.3 Å². The Morgan fingerprint density at radius 2 is 1.90 bits per heavy atom. The molecule has 7 heteroatoms. The number of carbonyl (C=O) groups excluding carboxylic acids is 1. The van der Waals surface area contributed by atoms with Gasteiger partial charge in [0.15, 0.2) is 0 Å². The van der Waals surface area contributed by atoms with Gasteiger partial charge in [0.2, 0.25) is 0 Å². The average molecular weight is 404 g/mol. The summed E-state index contributed by atoms with van der Waals surface area (Å²) < 4.78 is 0. The summed E-state index contributed by atoms with van der Waals surface area (Å²) in [5, 5.41) is 3.20. The van der Waals surface area contributed by atoms with E-state index in [1.54, 1.807) is 17.7 Å². The molecule has 1 N–H and O–H groups in total. The molecule has 1 fully saturated rings. The van der Waals surface area contributed by atoms with E-state index < -0.39 is 0 Å². The molecule has 1 aliphatic heterocycles. The fraction of sp³-hybridized carbons (Fsp3) is 0.227. The van der Waals surface area contributed by atoms with Crippen molar-refractivity contribution in [2.45, 2.75) is 6.54 Å². The van der Waals surface area contributed by atoms with Crippen molar-refractivity contribution < 1.29 is 4.79 Å². The van der Waals surface area contributed by atoms with Crippen LogP contribution in [0.15, 0.2) is 60.2 Å². The van der Waals surface area contributed by atoms with Crippen molar-refractivity contribution in [3.05, 3.63) is 71.5 Å². The van der Waals surface area contributed by atoms with Crippen LogP contribution in [0.3, 0.4) is 0 Å². The van der Waals surface area contributed by atoms with Crippen molar-refractivity contribution in [3.8, 4) is 10.6 Å². The molecule has 2 aromatic heterocycles. The molecule has 0 aliphatic carbocycles. The number of imidazole rings is 1. The first-order chi connectivity index (χ1) is 14.3. The zero-order chi connectivity index (χ0) is 19.6. The highest BCUT2D eigenvalue weighted by molar-refractivity contribution is 7.13. The maximum absolute atomic E-state index is 12.9. The Kier molecular flexibility index (Phi) is 4.83. The highest BCUT2D eigenvalue weighted by Gasteiger charge is 2.23. The molecule has 0 atom stereocenters. The van der Waals surface area contributed by atoms with Crippen molar-refractivity contribution in [2.75, 3.05) is 26.2 Å². The number of carbonyl (C=O) groups is 1. The highest BCUT2D eigenvalue weighted by Crippen LogP contribution is 2.24. The van der Waals surface area contributed by atoms with Crippen molar-refractivity contribution in [2.24, 2.45) is 0 Å². The zero-order valence-corrected chi connectivity index (χ0v) is 16.7. The number of piperazine rings is 1. The van der Waals surface area contributed by atoms with Crippen LogP contribution in [0.5, 0.6) is 0 Å². The first-order valence-electron chi connectivity index (χ1n) is 9.71. The Bertz CT molecular complexity index is 1130. The minimum absolute atomic E-state index is 0.0844. The van der Waals surface area contributed by atoms with Crippen LogP contribution in [0.4, 0.5) is 0 Å². The SMILES string of the molecule is O=C(c1ccc2nc[nH]c2c1)N1CCN(Cc2csc(-c3ccccc3)n2)CC1. The second-order valence-corrected chi connectivity index (χ2v) is 8.07. The van der Waals surface area contributed by atoms with Gasteiger partial charge in [-0.05, 0) is 18.2 Å². The average Bonchev–Trinajstić information content (AvgIpc) is 3.43. The Morgan fingerprint density at radius 3 is 2.72 bits per heavy atom. The lowest BCUT2D eigenvalue weighted by Crippen LogP contribution is -2.48. The van der Waals surface area contributed by atoms with E-state index in [4.69, 9.17) is 4.98 Å². The molecular weight excluding hydrogens is 382 g/mol. The van der Waals surface area contributed by atoms with E-state index in [2.05, 4.69) is 32.4 Å². The Balaban J connectivity index is 1.19. The molecule has 1 aliphatic rings. The molecular formula is C22H21N5OS. The Morgan fingerprint density at radius 1 is 1.07 bits per heavy atom. The van der Waals surface area contributed by atoms with Crippen LogP contribution >= 0.6 is 11.3 Å². The predicted octanol–water partition coefficient (Wildman–Crippen LogP) is 3.64. The maximum Gasteiger partial charge on any atom is 0.254 e. The summed E-state index contributed by atoms with van der Waals surface area (Å²) in [7, 11) is 0. The van der Waals surface area contributed by atoms with E-state index in [9.17, 15) is 4.79 Å². The topological polar surface area (TPSA) is 65.1 Å². The number of fused-ring (bicyclic) bond motifs is 1. The second-order valence-electron chi connectivity index (χ2n) is 7.21. The summed E-state index contributed by atoms with van der Waals surface area (Å²) in [6, 6.07) is 15.9. The van der Waals surface area contributed by atoms with E-state index >= 15 is 0 Å². The summed E-state index contributed by atoms with van der Waals surface area (Å²) in [5.41, 5.74) is 4.74.